The fraction of sp³-hybridized carbons (Fsp3) is 0.600. The molecule has 2 fully saturated rings. The Labute approximate surface area is 195 Å². The Morgan fingerprint density at radius 1 is 1.31 bits per heavy atom. The zero-order valence-electron chi connectivity index (χ0n) is 19.6. The van der Waals surface area contributed by atoms with Gasteiger partial charge in [0.05, 0.1) is 40.7 Å². The number of pyridine rings is 1. The highest BCUT2D eigenvalue weighted by Crippen LogP contribution is 2.39. The number of hydrogen-bond acceptors (Lipinski definition) is 6. The number of hydrogen-bond donors (Lipinski definition) is 0. The number of rotatable bonds is 6. The zero-order valence-corrected chi connectivity index (χ0v) is 20.5. The van der Waals surface area contributed by atoms with E-state index in [1.807, 2.05) is 26.2 Å². The molecule has 4 heterocycles. The van der Waals surface area contributed by atoms with E-state index in [2.05, 4.69) is 45.4 Å². The second kappa shape index (κ2) is 9.82. The highest BCUT2D eigenvalue weighted by atomic mass is 32.2. The predicted molar refractivity (Wildman–Crippen MR) is 132 cm³/mol. The average molecular weight is 455 g/mol. The number of likely N-dealkylation sites (tertiary alicyclic amines) is 1. The van der Waals surface area contributed by atoms with Crippen molar-refractivity contribution in [1.29, 1.82) is 0 Å². The van der Waals surface area contributed by atoms with Crippen LogP contribution in [0.5, 0.6) is 0 Å². The maximum Gasteiger partial charge on any atom is 0.226 e. The minimum atomic E-state index is -0.0943. The van der Waals surface area contributed by atoms with Gasteiger partial charge < -0.3 is 14.5 Å². The molecular formula is C25H34N4O2S. The molecule has 1 aromatic heterocycles. The Kier molecular flexibility index (Phi) is 7.08. The van der Waals surface area contributed by atoms with Gasteiger partial charge in [0.15, 0.2) is 0 Å². The van der Waals surface area contributed by atoms with E-state index in [-0.39, 0.29) is 17.5 Å². The molecule has 0 spiro atoms. The van der Waals surface area contributed by atoms with Gasteiger partial charge in [0.2, 0.25) is 5.91 Å². The van der Waals surface area contributed by atoms with Crippen LogP contribution in [0.4, 0.5) is 5.69 Å². The Hall–Kier alpha value is -2.08. The van der Waals surface area contributed by atoms with Gasteiger partial charge in [0.25, 0.3) is 0 Å². The first-order chi connectivity index (χ1) is 15.4. The zero-order chi connectivity index (χ0) is 22.7. The standard InChI is InChI=1S/C25H34N4O2S/c1-5-31-17-20-6-11-25(3,4)29(20)24(30)19-9-14-28(15-10-19)22-16-26-12-7-21(22)23-8-13-27-18(2)32-23/h7,12-13,16,19-20H,5-6,9-11,14-15,17H2,1-4H3. The van der Waals surface area contributed by atoms with Gasteiger partial charge in [-0.15, -0.1) is 0 Å². The van der Waals surface area contributed by atoms with Gasteiger partial charge >= 0.3 is 0 Å². The summed E-state index contributed by atoms with van der Waals surface area (Å²) in [6, 6.07) is 2.26. The van der Waals surface area contributed by atoms with E-state index < -0.39 is 0 Å². The first kappa shape index (κ1) is 23.1. The van der Waals surface area contributed by atoms with Crippen LogP contribution < -0.4 is 4.90 Å². The van der Waals surface area contributed by atoms with E-state index in [4.69, 9.17) is 4.74 Å². The van der Waals surface area contributed by atoms with Crippen molar-refractivity contribution in [3.8, 4) is 0 Å². The molecular weight excluding hydrogens is 420 g/mol. The fourth-order valence-electron chi connectivity index (χ4n) is 5.07. The molecule has 7 heteroatoms. The molecule has 1 unspecified atom stereocenters. The van der Waals surface area contributed by atoms with Crippen LogP contribution in [0.2, 0.25) is 0 Å². The minimum absolute atomic E-state index is 0.0745. The summed E-state index contributed by atoms with van der Waals surface area (Å²) in [7, 11) is 0. The van der Waals surface area contributed by atoms with Crippen LogP contribution in [0.1, 0.15) is 58.9 Å². The number of anilines is 1. The fourth-order valence-corrected chi connectivity index (χ4v) is 5.86. The molecule has 0 aromatic carbocycles. The Morgan fingerprint density at radius 3 is 2.81 bits per heavy atom. The molecule has 3 aliphatic rings. The molecule has 0 bridgehead atoms. The Morgan fingerprint density at radius 2 is 2.09 bits per heavy atom. The number of aliphatic imine (C=N–C) groups is 1. The van der Waals surface area contributed by atoms with Gasteiger partial charge in [-0.2, -0.15) is 0 Å². The summed E-state index contributed by atoms with van der Waals surface area (Å²) in [4.78, 5) is 27.9. The minimum Gasteiger partial charge on any atom is -0.380 e. The third-order valence-corrected chi connectivity index (χ3v) is 7.72. The van der Waals surface area contributed by atoms with Gasteiger partial charge in [0.1, 0.15) is 0 Å². The predicted octanol–water partition coefficient (Wildman–Crippen LogP) is 4.72. The number of piperidine rings is 1. The van der Waals surface area contributed by atoms with Crippen LogP contribution in [0.25, 0.3) is 4.91 Å². The lowest BCUT2D eigenvalue weighted by Crippen LogP contribution is -2.52. The van der Waals surface area contributed by atoms with Crippen molar-refractivity contribution >= 4 is 33.3 Å². The lowest BCUT2D eigenvalue weighted by Gasteiger charge is -2.41. The van der Waals surface area contributed by atoms with Crippen molar-refractivity contribution in [2.45, 2.75) is 65.0 Å². The number of thioether (sulfide) groups is 1. The van der Waals surface area contributed by atoms with Crippen molar-refractivity contribution in [2.24, 2.45) is 10.9 Å². The summed E-state index contributed by atoms with van der Waals surface area (Å²) in [5.74, 6) is 0.383. The second-order valence-electron chi connectivity index (χ2n) is 9.38. The van der Waals surface area contributed by atoms with Crippen LogP contribution in [-0.2, 0) is 9.53 Å². The van der Waals surface area contributed by atoms with Crippen molar-refractivity contribution in [3.63, 3.8) is 0 Å². The molecule has 0 aliphatic carbocycles. The van der Waals surface area contributed by atoms with Crippen LogP contribution in [0.15, 0.2) is 35.4 Å². The SMILES string of the molecule is CCOCC1CCC(C)(C)N1C(=O)C1CCN(c2cnccc2C2=C=CN=C(C)S2)CC1. The summed E-state index contributed by atoms with van der Waals surface area (Å²) >= 11 is 1.64. The third-order valence-electron chi connectivity index (χ3n) is 6.78. The van der Waals surface area contributed by atoms with Crippen molar-refractivity contribution in [1.82, 2.24) is 9.88 Å². The van der Waals surface area contributed by atoms with Gasteiger partial charge in [-0.25, -0.2) is 4.99 Å². The molecule has 32 heavy (non-hydrogen) atoms. The second-order valence-corrected chi connectivity index (χ2v) is 10.6. The van der Waals surface area contributed by atoms with Crippen molar-refractivity contribution in [3.05, 3.63) is 36.0 Å². The molecule has 4 rings (SSSR count). The summed E-state index contributed by atoms with van der Waals surface area (Å²) in [6.45, 7) is 11.5. The molecule has 3 aliphatic heterocycles. The summed E-state index contributed by atoms with van der Waals surface area (Å²) in [5, 5.41) is 1.01. The lowest BCUT2D eigenvalue weighted by atomic mass is 9.92. The van der Waals surface area contributed by atoms with E-state index >= 15 is 0 Å². The Balaban J connectivity index is 1.45. The van der Waals surface area contributed by atoms with Crippen LogP contribution in [-0.4, -0.2) is 58.7 Å². The van der Waals surface area contributed by atoms with Gasteiger partial charge in [0, 0.05) is 42.9 Å². The Bertz CT molecular complexity index is 943. The van der Waals surface area contributed by atoms with Crippen molar-refractivity contribution < 1.29 is 9.53 Å². The largest absolute Gasteiger partial charge is 0.380 e. The topological polar surface area (TPSA) is 58.0 Å². The van der Waals surface area contributed by atoms with Crippen LogP contribution in [0.3, 0.4) is 0 Å². The number of nitrogens with zero attached hydrogens (tertiary/aromatic N) is 4. The van der Waals surface area contributed by atoms with E-state index in [1.165, 1.54) is 0 Å². The quantitative estimate of drug-likeness (QED) is 0.582. The van der Waals surface area contributed by atoms with Crippen LogP contribution in [0, 0.1) is 5.92 Å². The molecule has 1 amide bonds. The summed E-state index contributed by atoms with van der Waals surface area (Å²) < 4.78 is 5.70. The molecule has 0 radical (unpaired) electrons. The summed E-state index contributed by atoms with van der Waals surface area (Å²) in [5.41, 5.74) is 5.44. The normalized spacial score (nSPS) is 23.3. The number of aromatic nitrogens is 1. The van der Waals surface area contributed by atoms with E-state index in [0.717, 1.165) is 60.0 Å². The molecule has 6 nitrogen and oxygen atoms in total. The third kappa shape index (κ3) is 4.80. The molecule has 2 saturated heterocycles. The molecule has 0 N–H and O–H groups in total. The number of ether oxygens (including phenoxy) is 1. The first-order valence-corrected chi connectivity index (χ1v) is 12.5. The number of carbonyl (C=O) groups is 1. The average Bonchev–Trinajstić information content (AvgIpc) is 3.11. The van der Waals surface area contributed by atoms with Crippen LogP contribution >= 0.6 is 11.8 Å². The molecule has 172 valence electrons. The van der Waals surface area contributed by atoms with Crippen molar-refractivity contribution in [2.75, 3.05) is 31.2 Å². The maximum absolute atomic E-state index is 13.6. The monoisotopic (exact) mass is 454 g/mol. The number of carbonyl (C=O) groups excluding carboxylic acids is 1. The summed E-state index contributed by atoms with van der Waals surface area (Å²) in [6.07, 6.45) is 9.31. The van der Waals surface area contributed by atoms with E-state index in [1.54, 1.807) is 18.0 Å². The van der Waals surface area contributed by atoms with Gasteiger partial charge in [-0.1, -0.05) is 17.5 Å². The lowest BCUT2D eigenvalue weighted by molar-refractivity contribution is -0.143. The number of amides is 1. The van der Waals surface area contributed by atoms with E-state index in [0.29, 0.717) is 19.1 Å². The van der Waals surface area contributed by atoms with Gasteiger partial charge in [-0.05, 0) is 59.4 Å². The highest BCUT2D eigenvalue weighted by molar-refractivity contribution is 8.21. The first-order valence-electron chi connectivity index (χ1n) is 11.7. The maximum atomic E-state index is 13.6. The molecule has 1 aromatic rings. The van der Waals surface area contributed by atoms with E-state index in [9.17, 15) is 4.79 Å². The molecule has 0 saturated carbocycles. The highest BCUT2D eigenvalue weighted by Gasteiger charge is 2.44. The smallest absolute Gasteiger partial charge is 0.226 e. The van der Waals surface area contributed by atoms with Gasteiger partial charge in [-0.3, -0.25) is 9.78 Å². The molecule has 1 atom stereocenters.